The fraction of sp³-hybridized carbons (Fsp3) is 0.350. The van der Waals surface area contributed by atoms with Gasteiger partial charge in [-0.25, -0.2) is 21.1 Å². The third-order valence-corrected chi connectivity index (χ3v) is 8.26. The van der Waals surface area contributed by atoms with Crippen molar-refractivity contribution in [3.8, 4) is 11.5 Å². The summed E-state index contributed by atoms with van der Waals surface area (Å²) in [5, 5.41) is 2.60. The Balaban J connectivity index is 1.70. The standard InChI is InChI=1S/C20H24N2O7S2/c1-14-4-5-16(31(26,27)22(2)3)12-17(14)21-20(23)8-11-30(24,25)15-6-7-18-19(13-15)29-10-9-28-18/h4-7,12-13H,8-11H2,1-3H3,(H,21,23). The number of carbonyl (C=O) groups excluding carboxylic acids is 1. The summed E-state index contributed by atoms with van der Waals surface area (Å²) in [5.74, 6) is -0.117. The normalized spacial score (nSPS) is 13.8. The van der Waals surface area contributed by atoms with Crippen LogP contribution in [0.2, 0.25) is 0 Å². The minimum Gasteiger partial charge on any atom is -0.486 e. The van der Waals surface area contributed by atoms with Gasteiger partial charge in [0, 0.05) is 32.3 Å². The summed E-state index contributed by atoms with van der Waals surface area (Å²) in [7, 11) is -4.57. The second kappa shape index (κ2) is 8.85. The van der Waals surface area contributed by atoms with Gasteiger partial charge in [-0.05, 0) is 36.8 Å². The average molecular weight is 469 g/mol. The van der Waals surface area contributed by atoms with E-state index in [0.717, 1.165) is 4.31 Å². The Kier molecular flexibility index (Phi) is 6.58. The molecule has 0 aliphatic carbocycles. The van der Waals surface area contributed by atoms with Crippen LogP contribution in [0.4, 0.5) is 5.69 Å². The molecular weight excluding hydrogens is 444 g/mol. The summed E-state index contributed by atoms with van der Waals surface area (Å²) in [5.41, 5.74) is 0.963. The lowest BCUT2D eigenvalue weighted by Gasteiger charge is -2.18. The molecule has 1 heterocycles. The number of aryl methyl sites for hydroxylation is 1. The molecule has 1 amide bonds. The van der Waals surface area contributed by atoms with Crippen molar-refractivity contribution >= 4 is 31.5 Å². The predicted octanol–water partition coefficient (Wildman–Crippen LogP) is 1.82. The monoisotopic (exact) mass is 468 g/mol. The second-order valence-electron chi connectivity index (χ2n) is 7.19. The van der Waals surface area contributed by atoms with Crippen LogP contribution in [0.25, 0.3) is 0 Å². The predicted molar refractivity (Wildman–Crippen MR) is 115 cm³/mol. The Bertz CT molecular complexity index is 1210. The highest BCUT2D eigenvalue weighted by molar-refractivity contribution is 7.91. The van der Waals surface area contributed by atoms with Crippen LogP contribution in [0.15, 0.2) is 46.2 Å². The van der Waals surface area contributed by atoms with Crippen LogP contribution in [0.5, 0.6) is 11.5 Å². The zero-order valence-corrected chi connectivity index (χ0v) is 19.0. The van der Waals surface area contributed by atoms with Crippen LogP contribution in [0.3, 0.4) is 0 Å². The van der Waals surface area contributed by atoms with Gasteiger partial charge in [0.1, 0.15) is 13.2 Å². The van der Waals surface area contributed by atoms with E-state index < -0.39 is 31.5 Å². The maximum Gasteiger partial charge on any atom is 0.242 e. The first-order valence-electron chi connectivity index (χ1n) is 9.46. The van der Waals surface area contributed by atoms with E-state index in [1.807, 2.05) is 0 Å². The van der Waals surface area contributed by atoms with E-state index in [1.165, 1.54) is 44.4 Å². The Morgan fingerprint density at radius 1 is 0.968 bits per heavy atom. The molecule has 0 unspecified atom stereocenters. The van der Waals surface area contributed by atoms with Gasteiger partial charge in [0.25, 0.3) is 0 Å². The van der Waals surface area contributed by atoms with E-state index in [4.69, 9.17) is 9.47 Å². The third kappa shape index (κ3) is 5.17. The van der Waals surface area contributed by atoms with Gasteiger partial charge in [-0.15, -0.1) is 0 Å². The highest BCUT2D eigenvalue weighted by atomic mass is 32.2. The van der Waals surface area contributed by atoms with E-state index in [0.29, 0.717) is 36.0 Å². The molecule has 0 radical (unpaired) electrons. The molecule has 1 N–H and O–H groups in total. The van der Waals surface area contributed by atoms with Crippen LogP contribution in [-0.4, -0.2) is 60.1 Å². The number of sulfone groups is 1. The van der Waals surface area contributed by atoms with E-state index in [2.05, 4.69) is 5.32 Å². The summed E-state index contributed by atoms with van der Waals surface area (Å²) < 4.78 is 61.8. The Hall–Kier alpha value is -2.63. The molecule has 2 aromatic carbocycles. The quantitative estimate of drug-likeness (QED) is 0.658. The highest BCUT2D eigenvalue weighted by Crippen LogP contribution is 2.32. The summed E-state index contributed by atoms with van der Waals surface area (Å²) in [6, 6.07) is 8.73. The number of nitrogens with zero attached hydrogens (tertiary/aromatic N) is 1. The minimum atomic E-state index is -3.73. The van der Waals surface area contributed by atoms with Crippen molar-refractivity contribution < 1.29 is 31.1 Å². The maximum absolute atomic E-state index is 12.6. The van der Waals surface area contributed by atoms with Gasteiger partial charge >= 0.3 is 0 Å². The Labute approximate surface area is 181 Å². The van der Waals surface area contributed by atoms with Gasteiger partial charge in [-0.2, -0.15) is 0 Å². The van der Waals surface area contributed by atoms with Crippen LogP contribution in [0, 0.1) is 6.92 Å². The largest absolute Gasteiger partial charge is 0.486 e. The second-order valence-corrected chi connectivity index (χ2v) is 11.4. The number of rotatable bonds is 7. The number of benzene rings is 2. The van der Waals surface area contributed by atoms with Crippen LogP contribution < -0.4 is 14.8 Å². The van der Waals surface area contributed by atoms with Crippen molar-refractivity contribution in [1.29, 1.82) is 0 Å². The van der Waals surface area contributed by atoms with Crippen LogP contribution in [-0.2, 0) is 24.7 Å². The zero-order valence-electron chi connectivity index (χ0n) is 17.4. The first-order chi connectivity index (χ1) is 14.5. The first kappa shape index (κ1) is 23.0. The maximum atomic E-state index is 12.6. The van der Waals surface area contributed by atoms with Crippen molar-refractivity contribution in [2.75, 3.05) is 38.4 Å². The first-order valence-corrected chi connectivity index (χ1v) is 12.6. The zero-order chi connectivity index (χ0) is 22.8. The van der Waals surface area contributed by atoms with Gasteiger partial charge in [-0.3, -0.25) is 4.79 Å². The van der Waals surface area contributed by atoms with Crippen LogP contribution in [0.1, 0.15) is 12.0 Å². The van der Waals surface area contributed by atoms with E-state index in [-0.39, 0.29) is 16.2 Å². The molecule has 0 fully saturated rings. The van der Waals surface area contributed by atoms with Crippen molar-refractivity contribution in [1.82, 2.24) is 4.31 Å². The number of hydrogen-bond donors (Lipinski definition) is 1. The molecule has 0 spiro atoms. The number of hydrogen-bond acceptors (Lipinski definition) is 7. The lowest BCUT2D eigenvalue weighted by Crippen LogP contribution is -2.23. The number of ether oxygens (including phenoxy) is 2. The molecule has 0 bridgehead atoms. The number of nitrogens with one attached hydrogen (secondary N) is 1. The summed E-state index contributed by atoms with van der Waals surface area (Å²) in [4.78, 5) is 12.5. The van der Waals surface area contributed by atoms with Crippen molar-refractivity contribution in [3.63, 3.8) is 0 Å². The number of sulfonamides is 1. The third-order valence-electron chi connectivity index (χ3n) is 4.73. The van der Waals surface area contributed by atoms with Gasteiger partial charge < -0.3 is 14.8 Å². The molecule has 11 heteroatoms. The summed E-state index contributed by atoms with van der Waals surface area (Å²) in [6.45, 7) is 2.45. The Morgan fingerprint density at radius 2 is 1.61 bits per heavy atom. The number of amides is 1. The lowest BCUT2D eigenvalue weighted by molar-refractivity contribution is -0.115. The molecular formula is C20H24N2O7S2. The minimum absolute atomic E-state index is 0.0299. The van der Waals surface area contributed by atoms with Gasteiger partial charge in [0.15, 0.2) is 21.3 Å². The molecule has 168 valence electrons. The smallest absolute Gasteiger partial charge is 0.242 e. The highest BCUT2D eigenvalue weighted by Gasteiger charge is 2.22. The topological polar surface area (TPSA) is 119 Å². The van der Waals surface area contributed by atoms with Crippen molar-refractivity contribution in [2.45, 2.75) is 23.1 Å². The molecule has 1 aliphatic rings. The van der Waals surface area contributed by atoms with Gasteiger partial charge in [0.05, 0.1) is 15.5 Å². The fourth-order valence-electron chi connectivity index (χ4n) is 2.88. The van der Waals surface area contributed by atoms with E-state index in [9.17, 15) is 21.6 Å². The molecule has 0 aromatic heterocycles. The SMILES string of the molecule is Cc1ccc(S(=O)(=O)N(C)C)cc1NC(=O)CCS(=O)(=O)c1ccc2c(c1)OCCO2. The molecule has 1 aliphatic heterocycles. The molecule has 3 rings (SSSR count). The molecule has 31 heavy (non-hydrogen) atoms. The lowest BCUT2D eigenvalue weighted by atomic mass is 10.2. The Morgan fingerprint density at radius 3 is 2.29 bits per heavy atom. The summed E-state index contributed by atoms with van der Waals surface area (Å²) in [6.07, 6.45) is -0.291. The molecule has 0 atom stereocenters. The van der Waals surface area contributed by atoms with Crippen LogP contribution >= 0.6 is 0 Å². The number of carbonyl (C=O) groups is 1. The van der Waals surface area contributed by atoms with Gasteiger partial charge in [0.2, 0.25) is 15.9 Å². The summed E-state index contributed by atoms with van der Waals surface area (Å²) >= 11 is 0. The number of anilines is 1. The van der Waals surface area contributed by atoms with Crippen molar-refractivity contribution in [2.24, 2.45) is 0 Å². The van der Waals surface area contributed by atoms with Crippen molar-refractivity contribution in [3.05, 3.63) is 42.0 Å². The fourth-order valence-corrected chi connectivity index (χ4v) is 5.06. The average Bonchev–Trinajstić information content (AvgIpc) is 2.73. The van der Waals surface area contributed by atoms with E-state index in [1.54, 1.807) is 13.0 Å². The molecule has 2 aromatic rings. The van der Waals surface area contributed by atoms with E-state index >= 15 is 0 Å². The molecule has 9 nitrogen and oxygen atoms in total. The van der Waals surface area contributed by atoms with Gasteiger partial charge in [-0.1, -0.05) is 6.07 Å². The molecule has 0 saturated carbocycles. The molecule has 0 saturated heterocycles. The number of fused-ring (bicyclic) bond motifs is 1.